The minimum atomic E-state index is -0.635. The molecule has 5 heteroatoms. The maximum atomic E-state index is 10.9. The fraction of sp³-hybridized carbons (Fsp3) is 0.667. The molecule has 17 heavy (non-hydrogen) atoms. The molecule has 1 unspecified atom stereocenters. The second-order valence-electron chi connectivity index (χ2n) is 4.79. The SMILES string of the molecule is NC(=O)C(N)Cc1ccn(C2CCCCC2)n1. The maximum Gasteiger partial charge on any atom is 0.234 e. The van der Waals surface area contributed by atoms with Crippen LogP contribution in [0.15, 0.2) is 12.3 Å². The lowest BCUT2D eigenvalue weighted by Gasteiger charge is -2.21. The molecule has 1 saturated carbocycles. The third kappa shape index (κ3) is 3.06. The van der Waals surface area contributed by atoms with Crippen LogP contribution in [0.1, 0.15) is 43.8 Å². The van der Waals surface area contributed by atoms with Crippen molar-refractivity contribution in [3.8, 4) is 0 Å². The summed E-state index contributed by atoms with van der Waals surface area (Å²) in [6, 6.07) is 1.81. The Balaban J connectivity index is 1.97. The van der Waals surface area contributed by atoms with Crippen LogP contribution in [0.2, 0.25) is 0 Å². The highest BCUT2D eigenvalue weighted by Crippen LogP contribution is 2.27. The molecule has 94 valence electrons. The zero-order valence-corrected chi connectivity index (χ0v) is 10.0. The van der Waals surface area contributed by atoms with E-state index in [4.69, 9.17) is 11.5 Å². The molecule has 1 aromatic rings. The van der Waals surface area contributed by atoms with Crippen LogP contribution in [0.4, 0.5) is 0 Å². The lowest BCUT2D eigenvalue weighted by atomic mass is 9.96. The summed E-state index contributed by atoms with van der Waals surface area (Å²) in [6.45, 7) is 0. The number of aromatic nitrogens is 2. The van der Waals surface area contributed by atoms with E-state index >= 15 is 0 Å². The fourth-order valence-electron chi connectivity index (χ4n) is 2.36. The van der Waals surface area contributed by atoms with Crippen LogP contribution in [0.3, 0.4) is 0 Å². The van der Waals surface area contributed by atoms with Gasteiger partial charge < -0.3 is 11.5 Å². The Bertz CT molecular complexity index is 382. The molecule has 0 saturated heterocycles. The first-order chi connectivity index (χ1) is 8.16. The summed E-state index contributed by atoms with van der Waals surface area (Å²) in [5.41, 5.74) is 11.6. The van der Waals surface area contributed by atoms with Gasteiger partial charge in [-0.05, 0) is 18.9 Å². The quantitative estimate of drug-likeness (QED) is 0.808. The van der Waals surface area contributed by atoms with Gasteiger partial charge in [0.2, 0.25) is 5.91 Å². The fourth-order valence-corrected chi connectivity index (χ4v) is 2.36. The van der Waals surface area contributed by atoms with Crippen molar-refractivity contribution in [2.75, 3.05) is 0 Å². The van der Waals surface area contributed by atoms with Crippen LogP contribution in [0, 0.1) is 0 Å². The molecular formula is C12H20N4O. The molecule has 2 rings (SSSR count). The van der Waals surface area contributed by atoms with Crippen LogP contribution >= 0.6 is 0 Å². The summed E-state index contributed by atoms with van der Waals surface area (Å²) in [6.07, 6.45) is 8.69. The van der Waals surface area contributed by atoms with Gasteiger partial charge in [0.15, 0.2) is 0 Å². The van der Waals surface area contributed by atoms with Crippen LogP contribution in [-0.4, -0.2) is 21.7 Å². The first kappa shape index (κ1) is 12.1. The van der Waals surface area contributed by atoms with E-state index in [1.165, 1.54) is 32.1 Å². The highest BCUT2D eigenvalue weighted by atomic mass is 16.1. The molecule has 0 aromatic carbocycles. The molecule has 1 amide bonds. The van der Waals surface area contributed by atoms with Crippen LogP contribution in [0.5, 0.6) is 0 Å². The van der Waals surface area contributed by atoms with Gasteiger partial charge in [0, 0.05) is 12.6 Å². The Morgan fingerprint density at radius 3 is 2.82 bits per heavy atom. The van der Waals surface area contributed by atoms with Gasteiger partial charge in [-0.15, -0.1) is 0 Å². The summed E-state index contributed by atoms with van der Waals surface area (Å²) in [5, 5.41) is 4.49. The van der Waals surface area contributed by atoms with Gasteiger partial charge in [-0.2, -0.15) is 5.10 Å². The molecule has 1 atom stereocenters. The summed E-state index contributed by atoms with van der Waals surface area (Å²) >= 11 is 0. The molecule has 0 radical (unpaired) electrons. The van der Waals surface area contributed by atoms with E-state index in [2.05, 4.69) is 5.10 Å². The molecule has 1 aliphatic carbocycles. The number of primary amides is 1. The molecule has 4 N–H and O–H groups in total. The zero-order valence-electron chi connectivity index (χ0n) is 10.0. The van der Waals surface area contributed by atoms with E-state index in [0.717, 1.165) is 5.69 Å². The van der Waals surface area contributed by atoms with E-state index in [0.29, 0.717) is 12.5 Å². The van der Waals surface area contributed by atoms with Crippen LogP contribution in [-0.2, 0) is 11.2 Å². The normalized spacial score (nSPS) is 19.1. The third-order valence-electron chi connectivity index (χ3n) is 3.41. The molecule has 1 fully saturated rings. The largest absolute Gasteiger partial charge is 0.368 e. The van der Waals surface area contributed by atoms with Gasteiger partial charge in [0.25, 0.3) is 0 Å². The highest BCUT2D eigenvalue weighted by Gasteiger charge is 2.17. The van der Waals surface area contributed by atoms with Gasteiger partial charge in [-0.25, -0.2) is 0 Å². The number of hydrogen-bond donors (Lipinski definition) is 2. The van der Waals surface area contributed by atoms with Crippen molar-refractivity contribution in [1.82, 2.24) is 9.78 Å². The monoisotopic (exact) mass is 236 g/mol. The van der Waals surface area contributed by atoms with Crippen molar-refractivity contribution in [2.45, 2.75) is 50.6 Å². The molecule has 1 aliphatic rings. The van der Waals surface area contributed by atoms with E-state index in [1.807, 2.05) is 16.9 Å². The average Bonchev–Trinajstić information content (AvgIpc) is 2.78. The van der Waals surface area contributed by atoms with Gasteiger partial charge in [-0.3, -0.25) is 9.48 Å². The Hall–Kier alpha value is -1.36. The predicted octanol–water partition coefficient (Wildman–Crippen LogP) is 0.743. The summed E-state index contributed by atoms with van der Waals surface area (Å²) in [4.78, 5) is 10.9. The molecule has 1 aromatic heterocycles. The zero-order chi connectivity index (χ0) is 12.3. The summed E-state index contributed by atoms with van der Waals surface area (Å²) < 4.78 is 2.02. The van der Waals surface area contributed by atoms with E-state index in [9.17, 15) is 4.79 Å². The standard InChI is InChI=1S/C12H20N4O/c13-11(12(14)17)8-9-6-7-16(15-9)10-4-2-1-3-5-10/h6-7,10-11H,1-5,8,13H2,(H2,14,17). The van der Waals surface area contributed by atoms with Gasteiger partial charge in [0.1, 0.15) is 0 Å². The lowest BCUT2D eigenvalue weighted by molar-refractivity contribution is -0.119. The van der Waals surface area contributed by atoms with Crippen molar-refractivity contribution in [2.24, 2.45) is 11.5 Å². The van der Waals surface area contributed by atoms with Crippen LogP contribution < -0.4 is 11.5 Å². The molecule has 0 aliphatic heterocycles. The molecular weight excluding hydrogens is 216 g/mol. The number of carbonyl (C=O) groups excluding carboxylic acids is 1. The Morgan fingerprint density at radius 1 is 1.47 bits per heavy atom. The van der Waals surface area contributed by atoms with E-state index in [1.54, 1.807) is 0 Å². The topological polar surface area (TPSA) is 86.9 Å². The van der Waals surface area contributed by atoms with Gasteiger partial charge >= 0.3 is 0 Å². The second kappa shape index (κ2) is 5.31. The molecule has 5 nitrogen and oxygen atoms in total. The van der Waals surface area contributed by atoms with Crippen molar-refractivity contribution >= 4 is 5.91 Å². The predicted molar refractivity (Wildman–Crippen MR) is 65.2 cm³/mol. The maximum absolute atomic E-state index is 10.9. The van der Waals surface area contributed by atoms with Crippen LogP contribution in [0.25, 0.3) is 0 Å². The number of carbonyl (C=O) groups is 1. The van der Waals surface area contributed by atoms with Crippen molar-refractivity contribution < 1.29 is 4.79 Å². The lowest BCUT2D eigenvalue weighted by Crippen LogP contribution is -2.38. The van der Waals surface area contributed by atoms with Gasteiger partial charge in [0.05, 0.1) is 17.8 Å². The summed E-state index contributed by atoms with van der Waals surface area (Å²) in [5.74, 6) is -0.475. The van der Waals surface area contributed by atoms with Crippen molar-refractivity contribution in [3.05, 3.63) is 18.0 Å². The smallest absolute Gasteiger partial charge is 0.234 e. The minimum Gasteiger partial charge on any atom is -0.368 e. The Morgan fingerprint density at radius 2 is 2.18 bits per heavy atom. The Labute approximate surface area is 101 Å². The van der Waals surface area contributed by atoms with E-state index in [-0.39, 0.29) is 0 Å². The second-order valence-corrected chi connectivity index (χ2v) is 4.79. The summed E-state index contributed by atoms with van der Waals surface area (Å²) in [7, 11) is 0. The molecule has 1 heterocycles. The minimum absolute atomic E-state index is 0.426. The van der Waals surface area contributed by atoms with Crippen molar-refractivity contribution in [1.29, 1.82) is 0 Å². The molecule has 0 spiro atoms. The average molecular weight is 236 g/mol. The Kier molecular flexibility index (Phi) is 3.78. The van der Waals surface area contributed by atoms with Gasteiger partial charge in [-0.1, -0.05) is 19.3 Å². The number of nitrogens with zero attached hydrogens (tertiary/aromatic N) is 2. The number of nitrogens with two attached hydrogens (primary N) is 2. The molecule has 0 bridgehead atoms. The number of hydrogen-bond acceptors (Lipinski definition) is 3. The van der Waals surface area contributed by atoms with Crippen molar-refractivity contribution in [3.63, 3.8) is 0 Å². The van der Waals surface area contributed by atoms with E-state index < -0.39 is 11.9 Å². The number of rotatable bonds is 4. The first-order valence-electron chi connectivity index (χ1n) is 6.26. The third-order valence-corrected chi connectivity index (χ3v) is 3.41. The first-order valence-corrected chi connectivity index (χ1v) is 6.26. The highest BCUT2D eigenvalue weighted by molar-refractivity contribution is 5.79. The number of amides is 1.